The van der Waals surface area contributed by atoms with Crippen molar-refractivity contribution in [2.24, 2.45) is 0 Å². The van der Waals surface area contributed by atoms with Gasteiger partial charge in [0.25, 0.3) is 0 Å². The highest BCUT2D eigenvalue weighted by Crippen LogP contribution is 2.18. The van der Waals surface area contributed by atoms with Crippen LogP contribution in [0.4, 0.5) is 16.2 Å². The molecule has 0 saturated heterocycles. The maximum Gasteiger partial charge on any atom is 0.222 e. The number of halogens is 2. The number of anilines is 2. The molecular formula is C12H12ClFN4. The molecule has 1 aromatic carbocycles. The van der Waals surface area contributed by atoms with E-state index in [0.717, 1.165) is 11.8 Å². The molecule has 0 bridgehead atoms. The highest BCUT2D eigenvalue weighted by Gasteiger charge is 2.11. The molecule has 0 aliphatic heterocycles. The van der Waals surface area contributed by atoms with Gasteiger partial charge in [0.15, 0.2) is 11.6 Å². The zero-order valence-electron chi connectivity index (χ0n) is 9.77. The number of hydrogen-bond acceptors (Lipinski definition) is 4. The van der Waals surface area contributed by atoms with Gasteiger partial charge in [-0.3, -0.25) is 0 Å². The lowest BCUT2D eigenvalue weighted by Gasteiger charge is -2.18. The first-order valence-electron chi connectivity index (χ1n) is 5.30. The molecule has 6 heteroatoms. The molecule has 0 amide bonds. The average molecular weight is 267 g/mol. The van der Waals surface area contributed by atoms with Gasteiger partial charge in [0, 0.05) is 18.6 Å². The Kier molecular flexibility index (Phi) is 3.62. The van der Waals surface area contributed by atoms with Gasteiger partial charge in [-0.25, -0.2) is 9.37 Å². The van der Waals surface area contributed by atoms with Gasteiger partial charge in [-0.2, -0.15) is 4.98 Å². The van der Waals surface area contributed by atoms with E-state index < -0.39 is 5.82 Å². The molecule has 2 N–H and O–H groups in total. The summed E-state index contributed by atoms with van der Waals surface area (Å²) in [4.78, 5) is 9.11. The van der Waals surface area contributed by atoms with Crippen LogP contribution in [0.25, 0.3) is 0 Å². The van der Waals surface area contributed by atoms with Gasteiger partial charge >= 0.3 is 0 Å². The lowest BCUT2D eigenvalue weighted by atomic mass is 10.2. The van der Waals surface area contributed by atoms with Gasteiger partial charge in [-0.1, -0.05) is 23.7 Å². The van der Waals surface area contributed by atoms with E-state index in [4.69, 9.17) is 17.3 Å². The summed E-state index contributed by atoms with van der Waals surface area (Å²) < 4.78 is 13.6. The van der Waals surface area contributed by atoms with Crippen LogP contribution in [-0.2, 0) is 6.54 Å². The van der Waals surface area contributed by atoms with E-state index in [1.54, 1.807) is 18.0 Å². The van der Waals surface area contributed by atoms with Gasteiger partial charge in [-0.05, 0) is 17.7 Å². The van der Waals surface area contributed by atoms with E-state index in [9.17, 15) is 4.39 Å². The van der Waals surface area contributed by atoms with Crippen LogP contribution >= 0.6 is 11.6 Å². The van der Waals surface area contributed by atoms with Crippen molar-refractivity contribution in [3.63, 3.8) is 0 Å². The normalized spacial score (nSPS) is 10.4. The molecule has 0 aliphatic carbocycles. The van der Waals surface area contributed by atoms with Crippen LogP contribution in [0.15, 0.2) is 30.5 Å². The third-order valence-electron chi connectivity index (χ3n) is 2.41. The van der Waals surface area contributed by atoms with Crippen LogP contribution in [-0.4, -0.2) is 17.0 Å². The Morgan fingerprint density at radius 2 is 2.22 bits per heavy atom. The average Bonchev–Trinajstić information content (AvgIpc) is 2.32. The number of hydrogen-bond donors (Lipinski definition) is 1. The minimum absolute atomic E-state index is 0.0457. The Balaban J connectivity index is 2.21. The van der Waals surface area contributed by atoms with E-state index in [2.05, 4.69) is 9.97 Å². The number of benzene rings is 1. The second kappa shape index (κ2) is 5.18. The summed E-state index contributed by atoms with van der Waals surface area (Å²) in [6.07, 6.45) is 1.06. The van der Waals surface area contributed by atoms with Crippen LogP contribution in [0.2, 0.25) is 5.02 Å². The molecule has 18 heavy (non-hydrogen) atoms. The lowest BCUT2D eigenvalue weighted by molar-refractivity contribution is 0.608. The third-order valence-corrected chi connectivity index (χ3v) is 2.65. The summed E-state index contributed by atoms with van der Waals surface area (Å²) >= 11 is 5.89. The van der Waals surface area contributed by atoms with E-state index >= 15 is 0 Å². The molecule has 0 spiro atoms. The van der Waals surface area contributed by atoms with E-state index in [1.165, 1.54) is 0 Å². The minimum Gasteiger partial charge on any atom is -0.368 e. The number of nitrogen functional groups attached to an aromatic ring is 1. The highest BCUT2D eigenvalue weighted by molar-refractivity contribution is 6.30. The van der Waals surface area contributed by atoms with Crippen LogP contribution in [0.1, 0.15) is 5.56 Å². The predicted octanol–water partition coefficient (Wildman–Crippen LogP) is 2.49. The molecule has 0 saturated carbocycles. The molecule has 0 atom stereocenters. The lowest BCUT2D eigenvalue weighted by Crippen LogP contribution is -2.20. The van der Waals surface area contributed by atoms with Gasteiger partial charge in [0.1, 0.15) is 0 Å². The molecule has 0 radical (unpaired) electrons. The van der Waals surface area contributed by atoms with Crippen molar-refractivity contribution in [3.05, 3.63) is 46.9 Å². The second-order valence-corrected chi connectivity index (χ2v) is 4.32. The Hall–Kier alpha value is -1.88. The van der Waals surface area contributed by atoms with Crippen molar-refractivity contribution >= 4 is 23.4 Å². The zero-order valence-corrected chi connectivity index (χ0v) is 10.5. The van der Waals surface area contributed by atoms with Crippen molar-refractivity contribution in [2.45, 2.75) is 6.54 Å². The summed E-state index contributed by atoms with van der Waals surface area (Å²) in [6, 6.07) is 7.36. The second-order valence-electron chi connectivity index (χ2n) is 3.89. The summed E-state index contributed by atoms with van der Waals surface area (Å²) in [6.45, 7) is 0.480. The van der Waals surface area contributed by atoms with Crippen LogP contribution in [0.5, 0.6) is 0 Å². The Labute approximate surface area is 109 Å². The first-order chi connectivity index (χ1) is 8.56. The minimum atomic E-state index is -0.506. The number of nitrogens with two attached hydrogens (primary N) is 1. The molecule has 2 rings (SSSR count). The van der Waals surface area contributed by atoms with Crippen molar-refractivity contribution in [1.29, 1.82) is 0 Å². The van der Waals surface area contributed by atoms with Crippen molar-refractivity contribution in [2.75, 3.05) is 17.7 Å². The maximum atomic E-state index is 13.6. The Bertz CT molecular complexity index is 562. The fourth-order valence-electron chi connectivity index (χ4n) is 1.62. The van der Waals surface area contributed by atoms with Crippen molar-refractivity contribution < 1.29 is 4.39 Å². The largest absolute Gasteiger partial charge is 0.368 e. The fraction of sp³-hybridized carbons (Fsp3) is 0.167. The Morgan fingerprint density at radius 3 is 2.94 bits per heavy atom. The summed E-state index contributed by atoms with van der Waals surface area (Å²) in [5, 5.41) is 0.642. The van der Waals surface area contributed by atoms with Crippen LogP contribution < -0.4 is 10.6 Å². The van der Waals surface area contributed by atoms with Gasteiger partial charge in [-0.15, -0.1) is 0 Å². The van der Waals surface area contributed by atoms with Crippen molar-refractivity contribution in [3.8, 4) is 0 Å². The predicted molar refractivity (Wildman–Crippen MR) is 70.0 cm³/mol. The van der Waals surface area contributed by atoms with E-state index in [-0.39, 0.29) is 11.8 Å². The zero-order chi connectivity index (χ0) is 13.1. The van der Waals surface area contributed by atoms with Crippen LogP contribution in [0, 0.1) is 5.82 Å². The molecule has 94 valence electrons. The first-order valence-corrected chi connectivity index (χ1v) is 5.67. The number of aromatic nitrogens is 2. The van der Waals surface area contributed by atoms with E-state index in [0.29, 0.717) is 11.6 Å². The topological polar surface area (TPSA) is 55.0 Å². The monoisotopic (exact) mass is 266 g/mol. The highest BCUT2D eigenvalue weighted by atomic mass is 35.5. The number of rotatable bonds is 3. The molecule has 2 aromatic rings. The maximum absolute atomic E-state index is 13.6. The first kappa shape index (κ1) is 12.6. The van der Waals surface area contributed by atoms with Gasteiger partial charge < -0.3 is 10.6 Å². The molecule has 0 fully saturated rings. The SMILES string of the molecule is CN(Cc1cccc(Cl)c1)c1nc(N)ncc1F. The van der Waals surface area contributed by atoms with E-state index in [1.807, 2.05) is 18.2 Å². The molecule has 0 unspecified atom stereocenters. The fourth-order valence-corrected chi connectivity index (χ4v) is 1.84. The van der Waals surface area contributed by atoms with Crippen LogP contribution in [0.3, 0.4) is 0 Å². The quantitative estimate of drug-likeness (QED) is 0.927. The summed E-state index contributed by atoms with van der Waals surface area (Å²) in [5.41, 5.74) is 6.41. The molecule has 4 nitrogen and oxygen atoms in total. The summed E-state index contributed by atoms with van der Waals surface area (Å²) in [7, 11) is 1.73. The molecular weight excluding hydrogens is 255 g/mol. The smallest absolute Gasteiger partial charge is 0.222 e. The van der Waals surface area contributed by atoms with Crippen molar-refractivity contribution in [1.82, 2.24) is 9.97 Å². The standard InChI is InChI=1S/C12H12ClFN4/c1-18(7-8-3-2-4-9(13)5-8)11-10(14)6-16-12(15)17-11/h2-6H,7H2,1H3,(H2,15,16,17). The molecule has 0 aliphatic rings. The van der Waals surface area contributed by atoms with Gasteiger partial charge in [0.2, 0.25) is 5.95 Å². The number of nitrogens with zero attached hydrogens (tertiary/aromatic N) is 3. The Morgan fingerprint density at radius 1 is 1.44 bits per heavy atom. The third kappa shape index (κ3) is 2.87. The molecule has 1 heterocycles. The molecule has 1 aromatic heterocycles. The van der Waals surface area contributed by atoms with Gasteiger partial charge in [0.05, 0.1) is 6.20 Å². The summed E-state index contributed by atoms with van der Waals surface area (Å²) in [5.74, 6) is -0.291.